The molecule has 3 heterocycles. The third-order valence-corrected chi connectivity index (χ3v) is 6.00. The molecule has 0 saturated heterocycles. The Hall–Kier alpha value is -2.22. The number of nitrogens with one attached hydrogen (secondary N) is 3. The molecule has 4 rings (SSSR count). The second kappa shape index (κ2) is 8.21. The second-order valence-corrected chi connectivity index (χ2v) is 7.52. The van der Waals surface area contributed by atoms with E-state index in [0.29, 0.717) is 12.2 Å². The number of hydrogen-bond acceptors (Lipinski definition) is 5. The minimum atomic E-state index is -0.146. The molecule has 1 unspecified atom stereocenters. The van der Waals surface area contributed by atoms with Crippen LogP contribution >= 0.6 is 23.7 Å². The number of H-pyrrole nitrogens is 1. The average Bonchev–Trinajstić information content (AvgIpc) is 3.26. The summed E-state index contributed by atoms with van der Waals surface area (Å²) >= 11 is 1.62. The van der Waals surface area contributed by atoms with E-state index in [1.807, 2.05) is 44.2 Å². The van der Waals surface area contributed by atoms with Crippen molar-refractivity contribution in [2.24, 2.45) is 0 Å². The molecule has 1 aliphatic heterocycles. The van der Waals surface area contributed by atoms with Gasteiger partial charge in [0.15, 0.2) is 5.69 Å². The van der Waals surface area contributed by atoms with Gasteiger partial charge in [-0.15, -0.1) is 23.7 Å². The van der Waals surface area contributed by atoms with E-state index < -0.39 is 0 Å². The molecule has 0 spiro atoms. The number of benzene rings is 1. The number of fused-ring (bicyclic) bond motifs is 1. The van der Waals surface area contributed by atoms with Crippen LogP contribution in [0.4, 0.5) is 0 Å². The summed E-state index contributed by atoms with van der Waals surface area (Å²) in [6.07, 6.45) is 0.875. The van der Waals surface area contributed by atoms with Crippen molar-refractivity contribution in [2.45, 2.75) is 32.9 Å². The standard InChI is InChI=1S/C19H21N5OS.ClH/c1-11(17-12(2)22-19(26-17)13-6-4-3-5-7-13)21-18(25)16-14-10-20-9-8-15(14)23-24-16;/h3-7,11,20H,8-10H2,1-2H3,(H,21,25)(H,23,24);1H. The number of hydrogen-bond donors (Lipinski definition) is 3. The zero-order valence-electron chi connectivity index (χ0n) is 15.2. The molecule has 1 amide bonds. The van der Waals surface area contributed by atoms with Gasteiger partial charge >= 0.3 is 0 Å². The van der Waals surface area contributed by atoms with Gasteiger partial charge < -0.3 is 10.6 Å². The van der Waals surface area contributed by atoms with Gasteiger partial charge in [0, 0.05) is 36.3 Å². The van der Waals surface area contributed by atoms with Gasteiger partial charge in [-0.05, 0) is 13.8 Å². The van der Waals surface area contributed by atoms with E-state index in [4.69, 9.17) is 0 Å². The fourth-order valence-electron chi connectivity index (χ4n) is 3.26. The highest BCUT2D eigenvalue weighted by Crippen LogP contribution is 2.31. The Morgan fingerprint density at radius 3 is 2.85 bits per heavy atom. The van der Waals surface area contributed by atoms with Gasteiger partial charge in [-0.3, -0.25) is 9.89 Å². The van der Waals surface area contributed by atoms with Crippen LogP contribution in [0.15, 0.2) is 30.3 Å². The summed E-state index contributed by atoms with van der Waals surface area (Å²) in [6, 6.07) is 9.98. The molecule has 0 aliphatic carbocycles. The minimum absolute atomic E-state index is 0. The largest absolute Gasteiger partial charge is 0.343 e. The zero-order chi connectivity index (χ0) is 18.1. The van der Waals surface area contributed by atoms with Gasteiger partial charge in [-0.25, -0.2) is 4.98 Å². The predicted molar refractivity (Wildman–Crippen MR) is 109 cm³/mol. The van der Waals surface area contributed by atoms with Gasteiger partial charge in [-0.1, -0.05) is 30.3 Å². The molecule has 3 aromatic rings. The molecule has 1 atom stereocenters. The molecule has 6 nitrogen and oxygen atoms in total. The first-order valence-corrected chi connectivity index (χ1v) is 9.55. The first-order chi connectivity index (χ1) is 12.6. The number of halogens is 1. The molecule has 27 heavy (non-hydrogen) atoms. The molecular formula is C19H22ClN5OS. The van der Waals surface area contributed by atoms with Crippen molar-refractivity contribution in [1.29, 1.82) is 0 Å². The van der Waals surface area contributed by atoms with Crippen molar-refractivity contribution in [3.63, 3.8) is 0 Å². The van der Waals surface area contributed by atoms with E-state index in [1.165, 1.54) is 0 Å². The molecule has 142 valence electrons. The number of nitrogens with zero attached hydrogens (tertiary/aromatic N) is 2. The topological polar surface area (TPSA) is 82.7 Å². The summed E-state index contributed by atoms with van der Waals surface area (Å²) < 4.78 is 0. The summed E-state index contributed by atoms with van der Waals surface area (Å²) in [5, 5.41) is 14.6. The number of thiazole rings is 1. The maximum atomic E-state index is 12.7. The first kappa shape index (κ1) is 19.5. The smallest absolute Gasteiger partial charge is 0.272 e. The van der Waals surface area contributed by atoms with Crippen LogP contribution in [0.25, 0.3) is 10.6 Å². The number of aromatic nitrogens is 3. The van der Waals surface area contributed by atoms with Gasteiger partial charge in [-0.2, -0.15) is 5.10 Å². The zero-order valence-corrected chi connectivity index (χ0v) is 16.8. The van der Waals surface area contributed by atoms with Gasteiger partial charge in [0.1, 0.15) is 5.01 Å². The van der Waals surface area contributed by atoms with Crippen molar-refractivity contribution in [1.82, 2.24) is 25.8 Å². The predicted octanol–water partition coefficient (Wildman–Crippen LogP) is 3.40. The second-order valence-electron chi connectivity index (χ2n) is 6.49. The molecule has 8 heteroatoms. The highest BCUT2D eigenvalue weighted by molar-refractivity contribution is 7.15. The molecule has 0 fully saturated rings. The lowest BCUT2D eigenvalue weighted by Gasteiger charge is -2.15. The van der Waals surface area contributed by atoms with E-state index in [2.05, 4.69) is 25.8 Å². The van der Waals surface area contributed by atoms with E-state index in [0.717, 1.165) is 45.4 Å². The van der Waals surface area contributed by atoms with Crippen LogP contribution in [0.3, 0.4) is 0 Å². The van der Waals surface area contributed by atoms with E-state index in [1.54, 1.807) is 11.3 Å². The molecule has 1 aromatic carbocycles. The van der Waals surface area contributed by atoms with E-state index >= 15 is 0 Å². The third-order valence-electron chi connectivity index (χ3n) is 4.62. The van der Waals surface area contributed by atoms with Crippen LogP contribution in [0.1, 0.15) is 45.3 Å². The van der Waals surface area contributed by atoms with Crippen LogP contribution in [-0.4, -0.2) is 27.6 Å². The maximum Gasteiger partial charge on any atom is 0.272 e. The summed E-state index contributed by atoms with van der Waals surface area (Å²) in [4.78, 5) is 18.5. The Labute approximate surface area is 168 Å². The lowest BCUT2D eigenvalue weighted by Crippen LogP contribution is -2.30. The summed E-state index contributed by atoms with van der Waals surface area (Å²) in [5.74, 6) is -0.146. The number of carbonyl (C=O) groups excluding carboxylic acids is 1. The Kier molecular flexibility index (Phi) is 5.94. The van der Waals surface area contributed by atoms with Crippen LogP contribution in [0, 0.1) is 6.92 Å². The number of carbonyl (C=O) groups is 1. The molecule has 0 bridgehead atoms. The highest BCUT2D eigenvalue weighted by Gasteiger charge is 2.24. The lowest BCUT2D eigenvalue weighted by atomic mass is 10.1. The van der Waals surface area contributed by atoms with E-state index in [-0.39, 0.29) is 24.4 Å². The monoisotopic (exact) mass is 403 g/mol. The molecular weight excluding hydrogens is 382 g/mol. The van der Waals surface area contributed by atoms with Gasteiger partial charge in [0.25, 0.3) is 5.91 Å². The third kappa shape index (κ3) is 3.90. The SMILES string of the molecule is Cc1nc(-c2ccccc2)sc1C(C)NC(=O)c1n[nH]c2c1CNCC2.Cl. The van der Waals surface area contributed by atoms with Crippen molar-refractivity contribution in [3.8, 4) is 10.6 Å². The summed E-state index contributed by atoms with van der Waals surface area (Å²) in [5.41, 5.74) is 4.57. The number of rotatable bonds is 4. The van der Waals surface area contributed by atoms with Crippen molar-refractivity contribution < 1.29 is 4.79 Å². The van der Waals surface area contributed by atoms with Crippen molar-refractivity contribution >= 4 is 29.7 Å². The Bertz CT molecular complexity index is 937. The number of aromatic amines is 1. The molecule has 1 aliphatic rings. The number of amides is 1. The van der Waals surface area contributed by atoms with Crippen LogP contribution in [0.5, 0.6) is 0 Å². The quantitative estimate of drug-likeness (QED) is 0.623. The van der Waals surface area contributed by atoms with Crippen LogP contribution in [0.2, 0.25) is 0 Å². The fraction of sp³-hybridized carbons (Fsp3) is 0.316. The van der Waals surface area contributed by atoms with E-state index in [9.17, 15) is 4.79 Å². The van der Waals surface area contributed by atoms with Crippen LogP contribution < -0.4 is 10.6 Å². The Balaban J connectivity index is 0.00000210. The highest BCUT2D eigenvalue weighted by atomic mass is 35.5. The molecule has 2 aromatic heterocycles. The fourth-order valence-corrected chi connectivity index (χ4v) is 4.33. The summed E-state index contributed by atoms with van der Waals surface area (Å²) in [6.45, 7) is 5.57. The normalized spacial score (nSPS) is 14.1. The summed E-state index contributed by atoms with van der Waals surface area (Å²) in [7, 11) is 0. The Morgan fingerprint density at radius 1 is 1.30 bits per heavy atom. The Morgan fingerprint density at radius 2 is 2.07 bits per heavy atom. The first-order valence-electron chi connectivity index (χ1n) is 8.74. The molecule has 0 radical (unpaired) electrons. The molecule has 3 N–H and O–H groups in total. The van der Waals surface area contributed by atoms with Gasteiger partial charge in [0.2, 0.25) is 0 Å². The number of aryl methyl sites for hydroxylation is 1. The minimum Gasteiger partial charge on any atom is -0.343 e. The van der Waals surface area contributed by atoms with Crippen molar-refractivity contribution in [2.75, 3.05) is 6.54 Å². The van der Waals surface area contributed by atoms with Crippen LogP contribution in [-0.2, 0) is 13.0 Å². The average molecular weight is 404 g/mol. The molecule has 0 saturated carbocycles. The van der Waals surface area contributed by atoms with Crippen molar-refractivity contribution in [3.05, 3.63) is 57.9 Å². The lowest BCUT2D eigenvalue weighted by molar-refractivity contribution is 0.0934. The maximum absolute atomic E-state index is 12.7. The van der Waals surface area contributed by atoms with Gasteiger partial charge in [0.05, 0.1) is 16.6 Å².